The highest BCUT2D eigenvalue weighted by atomic mass is 16.5. The van der Waals surface area contributed by atoms with E-state index >= 15 is 0 Å². The molecule has 1 aliphatic carbocycles. The van der Waals surface area contributed by atoms with Crippen LogP contribution in [0.5, 0.6) is 0 Å². The molecule has 0 heterocycles. The zero-order chi connectivity index (χ0) is 15.5. The maximum absolute atomic E-state index is 11.5. The first-order valence-electron chi connectivity index (χ1n) is 7.65. The number of hydrogen-bond acceptors (Lipinski definition) is 4. The van der Waals surface area contributed by atoms with Crippen LogP contribution in [0.15, 0.2) is 4.99 Å². The number of nitrogens with one attached hydrogen (secondary N) is 3. The van der Waals surface area contributed by atoms with Crippen molar-refractivity contribution in [3.8, 4) is 0 Å². The molecule has 7 nitrogen and oxygen atoms in total. The van der Waals surface area contributed by atoms with Crippen LogP contribution < -0.4 is 16.0 Å². The minimum atomic E-state index is -0.359. The number of aliphatic imine (C=N–C) groups is 1. The quantitative estimate of drug-likeness (QED) is 0.332. The first-order chi connectivity index (χ1) is 10.2. The summed E-state index contributed by atoms with van der Waals surface area (Å²) in [7, 11) is 1.66. The summed E-state index contributed by atoms with van der Waals surface area (Å²) in [6, 6.07) is 0.0435. The number of ether oxygens (including phenoxy) is 2. The van der Waals surface area contributed by atoms with Gasteiger partial charge in [-0.15, -0.1) is 0 Å². The Labute approximate surface area is 126 Å². The van der Waals surface area contributed by atoms with Crippen molar-refractivity contribution in [2.75, 3.05) is 40.0 Å². The molecule has 0 saturated heterocycles. The Morgan fingerprint density at radius 3 is 2.67 bits per heavy atom. The molecule has 1 saturated carbocycles. The van der Waals surface area contributed by atoms with Crippen molar-refractivity contribution in [1.29, 1.82) is 0 Å². The lowest BCUT2D eigenvalue weighted by molar-refractivity contribution is 0.147. The lowest BCUT2D eigenvalue weighted by Gasteiger charge is -2.17. The van der Waals surface area contributed by atoms with Gasteiger partial charge in [-0.2, -0.15) is 0 Å². The number of amides is 1. The summed E-state index contributed by atoms with van der Waals surface area (Å²) < 4.78 is 9.94. The maximum atomic E-state index is 11.5. The zero-order valence-corrected chi connectivity index (χ0v) is 13.3. The van der Waals surface area contributed by atoms with Gasteiger partial charge >= 0.3 is 6.09 Å². The van der Waals surface area contributed by atoms with Gasteiger partial charge in [0.15, 0.2) is 5.96 Å². The molecule has 0 aromatic rings. The minimum absolute atomic E-state index is 0.0435. The number of guanidine groups is 1. The third kappa shape index (κ3) is 7.75. The molecule has 0 aromatic carbocycles. The molecule has 1 unspecified atom stereocenters. The largest absolute Gasteiger partial charge is 0.450 e. The summed E-state index contributed by atoms with van der Waals surface area (Å²) in [4.78, 5) is 16.1. The van der Waals surface area contributed by atoms with Crippen molar-refractivity contribution >= 4 is 12.1 Å². The Kier molecular flexibility index (Phi) is 8.57. The summed E-state index contributed by atoms with van der Waals surface area (Å²) in [5, 5.41) is 9.25. The molecule has 7 heteroatoms. The van der Waals surface area contributed by atoms with Crippen LogP contribution in [0.4, 0.5) is 4.79 Å². The number of nitrogens with zero attached hydrogens (tertiary/aromatic N) is 1. The molecule has 1 aliphatic rings. The van der Waals surface area contributed by atoms with Crippen LogP contribution in [0.2, 0.25) is 0 Å². The van der Waals surface area contributed by atoms with E-state index in [1.807, 2.05) is 6.92 Å². The van der Waals surface area contributed by atoms with Crippen LogP contribution in [0, 0.1) is 5.92 Å². The Morgan fingerprint density at radius 2 is 2.10 bits per heavy atom. The van der Waals surface area contributed by atoms with Gasteiger partial charge in [-0.25, -0.2) is 4.79 Å². The fourth-order valence-electron chi connectivity index (χ4n) is 1.94. The fraction of sp³-hybridized carbons (Fsp3) is 0.857. The molecule has 1 rings (SSSR count). The normalized spacial score (nSPS) is 16.2. The molecule has 1 fully saturated rings. The summed E-state index contributed by atoms with van der Waals surface area (Å²) in [6.45, 7) is 6.85. The highest BCUT2D eigenvalue weighted by molar-refractivity contribution is 5.79. The molecular formula is C14H28N4O3. The summed E-state index contributed by atoms with van der Waals surface area (Å²) in [5.74, 6) is 1.26. The van der Waals surface area contributed by atoms with Crippen LogP contribution >= 0.6 is 0 Å². The lowest BCUT2D eigenvalue weighted by atomic mass is 10.2. The van der Waals surface area contributed by atoms with E-state index in [-0.39, 0.29) is 12.1 Å². The van der Waals surface area contributed by atoms with Gasteiger partial charge in [-0.3, -0.25) is 4.99 Å². The van der Waals surface area contributed by atoms with Gasteiger partial charge in [0.25, 0.3) is 0 Å². The monoisotopic (exact) mass is 300 g/mol. The number of carbonyl (C=O) groups is 1. The molecule has 1 amide bonds. The highest BCUT2D eigenvalue weighted by Gasteiger charge is 2.32. The maximum Gasteiger partial charge on any atom is 0.407 e. The molecule has 21 heavy (non-hydrogen) atoms. The van der Waals surface area contributed by atoms with E-state index in [1.54, 1.807) is 14.0 Å². The number of rotatable bonds is 9. The van der Waals surface area contributed by atoms with E-state index in [2.05, 4.69) is 20.9 Å². The third-order valence-corrected chi connectivity index (χ3v) is 3.16. The molecule has 0 aromatic heterocycles. The highest BCUT2D eigenvalue weighted by Crippen LogP contribution is 2.32. The summed E-state index contributed by atoms with van der Waals surface area (Å²) in [6.07, 6.45) is 1.92. The second-order valence-electron chi connectivity index (χ2n) is 4.95. The molecular weight excluding hydrogens is 272 g/mol. The van der Waals surface area contributed by atoms with Crippen LogP contribution in [0.1, 0.15) is 26.7 Å². The lowest BCUT2D eigenvalue weighted by Crippen LogP contribution is -2.42. The van der Waals surface area contributed by atoms with E-state index in [4.69, 9.17) is 9.47 Å². The van der Waals surface area contributed by atoms with Crippen LogP contribution in [-0.4, -0.2) is 58.1 Å². The Balaban J connectivity index is 2.46. The van der Waals surface area contributed by atoms with E-state index in [0.29, 0.717) is 32.2 Å². The average molecular weight is 300 g/mol. The van der Waals surface area contributed by atoms with Gasteiger partial charge in [-0.05, 0) is 32.6 Å². The molecule has 0 bridgehead atoms. The van der Waals surface area contributed by atoms with Gasteiger partial charge in [0.1, 0.15) is 0 Å². The Morgan fingerprint density at radius 1 is 1.33 bits per heavy atom. The molecule has 122 valence electrons. The SMILES string of the molecule is CCNC(=NCC(NC(=O)OCC)C1CC1)NCCOC. The van der Waals surface area contributed by atoms with Crippen molar-refractivity contribution in [3.63, 3.8) is 0 Å². The van der Waals surface area contributed by atoms with E-state index in [0.717, 1.165) is 25.3 Å². The van der Waals surface area contributed by atoms with Crippen LogP contribution in [-0.2, 0) is 9.47 Å². The molecule has 1 atom stereocenters. The smallest absolute Gasteiger partial charge is 0.407 e. The van der Waals surface area contributed by atoms with Gasteiger partial charge in [-0.1, -0.05) is 0 Å². The number of hydrogen-bond donors (Lipinski definition) is 3. The van der Waals surface area contributed by atoms with Crippen LogP contribution in [0.25, 0.3) is 0 Å². The number of alkyl carbamates (subject to hydrolysis) is 1. The topological polar surface area (TPSA) is 84.0 Å². The second-order valence-corrected chi connectivity index (χ2v) is 4.95. The second kappa shape index (κ2) is 10.3. The number of methoxy groups -OCH3 is 1. The number of carbonyl (C=O) groups excluding carboxylic acids is 1. The van der Waals surface area contributed by atoms with Crippen molar-refractivity contribution in [2.24, 2.45) is 10.9 Å². The Bertz CT molecular complexity index is 332. The van der Waals surface area contributed by atoms with E-state index in [1.165, 1.54) is 0 Å². The van der Waals surface area contributed by atoms with Gasteiger partial charge in [0, 0.05) is 20.2 Å². The van der Waals surface area contributed by atoms with E-state index in [9.17, 15) is 4.79 Å². The predicted octanol–water partition coefficient (Wildman–Crippen LogP) is 0.713. The van der Waals surface area contributed by atoms with Gasteiger partial charge in [0.05, 0.1) is 25.8 Å². The molecule has 0 aliphatic heterocycles. The zero-order valence-electron chi connectivity index (χ0n) is 13.3. The average Bonchev–Trinajstić information content (AvgIpc) is 3.28. The summed E-state index contributed by atoms with van der Waals surface area (Å²) >= 11 is 0. The van der Waals surface area contributed by atoms with Crippen molar-refractivity contribution in [2.45, 2.75) is 32.7 Å². The van der Waals surface area contributed by atoms with Gasteiger partial charge in [0.2, 0.25) is 0 Å². The predicted molar refractivity (Wildman–Crippen MR) is 82.5 cm³/mol. The first-order valence-corrected chi connectivity index (χ1v) is 7.65. The van der Waals surface area contributed by atoms with Crippen LogP contribution in [0.3, 0.4) is 0 Å². The standard InChI is InChI=1S/C14H28N4O3/c1-4-15-13(16-8-9-20-3)17-10-12(11-6-7-11)18-14(19)21-5-2/h11-12H,4-10H2,1-3H3,(H,18,19)(H2,15,16,17). The molecule has 3 N–H and O–H groups in total. The first kappa shape index (κ1) is 17.6. The van der Waals surface area contributed by atoms with Gasteiger partial charge < -0.3 is 25.4 Å². The van der Waals surface area contributed by atoms with E-state index < -0.39 is 0 Å². The summed E-state index contributed by atoms with van der Waals surface area (Å²) in [5.41, 5.74) is 0. The van der Waals surface area contributed by atoms with Crippen molar-refractivity contribution in [3.05, 3.63) is 0 Å². The molecule has 0 spiro atoms. The fourth-order valence-corrected chi connectivity index (χ4v) is 1.94. The van der Waals surface area contributed by atoms with Crippen molar-refractivity contribution < 1.29 is 14.3 Å². The minimum Gasteiger partial charge on any atom is -0.450 e. The third-order valence-electron chi connectivity index (χ3n) is 3.16. The Hall–Kier alpha value is -1.50. The van der Waals surface area contributed by atoms with Crippen molar-refractivity contribution in [1.82, 2.24) is 16.0 Å². The molecule has 0 radical (unpaired) electrons.